The van der Waals surface area contributed by atoms with Gasteiger partial charge >= 0.3 is 0 Å². The van der Waals surface area contributed by atoms with Crippen LogP contribution in [0.5, 0.6) is 5.75 Å². The van der Waals surface area contributed by atoms with Crippen LogP contribution >= 0.6 is 0 Å². The average molecular weight is 218 g/mol. The van der Waals surface area contributed by atoms with Crippen LogP contribution in [0.2, 0.25) is 0 Å². The molecule has 0 spiro atoms. The molecule has 2 nitrogen and oxygen atoms in total. The lowest BCUT2D eigenvalue weighted by Gasteiger charge is -2.12. The summed E-state index contributed by atoms with van der Waals surface area (Å²) in [6, 6.07) is 0. The molecule has 1 aromatic carbocycles. The van der Waals surface area contributed by atoms with E-state index < -0.39 is 0 Å². The molecule has 2 heteroatoms. The lowest BCUT2D eigenvalue weighted by atomic mass is 9.94. The van der Waals surface area contributed by atoms with Crippen molar-refractivity contribution in [2.45, 2.75) is 34.1 Å². The molecule has 2 rings (SSSR count). The molecule has 16 heavy (non-hydrogen) atoms. The molecule has 0 amide bonds. The quantitative estimate of drug-likeness (QED) is 0.733. The summed E-state index contributed by atoms with van der Waals surface area (Å²) in [5, 5.41) is 9.78. The summed E-state index contributed by atoms with van der Waals surface area (Å²) in [7, 11) is 0. The third kappa shape index (κ3) is 1.75. The second-order valence-electron chi connectivity index (χ2n) is 3.63. The van der Waals surface area contributed by atoms with Crippen molar-refractivity contribution in [3.63, 3.8) is 0 Å². The fourth-order valence-electron chi connectivity index (χ4n) is 2.02. The van der Waals surface area contributed by atoms with Gasteiger partial charge in [-0.3, -0.25) is 4.79 Å². The summed E-state index contributed by atoms with van der Waals surface area (Å²) < 4.78 is 0. The highest BCUT2D eigenvalue weighted by molar-refractivity contribution is 5.86. The molecule has 0 fully saturated rings. The van der Waals surface area contributed by atoms with Gasteiger partial charge in [0, 0.05) is 0 Å². The van der Waals surface area contributed by atoms with Gasteiger partial charge in [-0.2, -0.15) is 0 Å². The molecule has 1 aliphatic carbocycles. The number of hydrogen-bond acceptors (Lipinski definition) is 2. The molecule has 0 bridgehead atoms. The standard InChI is InChI=1S/C12H12O2.C2H6/c1-7-9-4-3-5-10(9)8(2)12(14)11(7)6-13;1-2/h3-4,6,14H,5H2,1-2H3;1-2H3. The van der Waals surface area contributed by atoms with Crippen LogP contribution < -0.4 is 0 Å². The van der Waals surface area contributed by atoms with Gasteiger partial charge in [0.25, 0.3) is 0 Å². The van der Waals surface area contributed by atoms with Crippen LogP contribution in [0.3, 0.4) is 0 Å². The number of benzene rings is 1. The van der Waals surface area contributed by atoms with Crippen LogP contribution in [0.25, 0.3) is 6.08 Å². The Kier molecular flexibility index (Phi) is 3.88. The maximum absolute atomic E-state index is 10.8. The van der Waals surface area contributed by atoms with Crippen molar-refractivity contribution in [3.05, 3.63) is 33.9 Å². The first-order valence-electron chi connectivity index (χ1n) is 5.63. The van der Waals surface area contributed by atoms with E-state index in [-0.39, 0.29) is 5.75 Å². The van der Waals surface area contributed by atoms with E-state index in [1.165, 1.54) is 0 Å². The Morgan fingerprint density at radius 2 is 1.88 bits per heavy atom. The summed E-state index contributed by atoms with van der Waals surface area (Å²) in [4.78, 5) is 10.8. The Morgan fingerprint density at radius 1 is 1.25 bits per heavy atom. The van der Waals surface area contributed by atoms with Crippen molar-refractivity contribution in [2.24, 2.45) is 0 Å². The Bertz CT molecular complexity index is 439. The van der Waals surface area contributed by atoms with Gasteiger partial charge in [-0.15, -0.1) is 0 Å². The predicted molar refractivity (Wildman–Crippen MR) is 67.1 cm³/mol. The van der Waals surface area contributed by atoms with E-state index in [1.807, 2.05) is 33.8 Å². The van der Waals surface area contributed by atoms with Gasteiger partial charge in [0.1, 0.15) is 5.75 Å². The van der Waals surface area contributed by atoms with Gasteiger partial charge in [-0.25, -0.2) is 0 Å². The zero-order chi connectivity index (χ0) is 12.3. The largest absolute Gasteiger partial charge is 0.507 e. The van der Waals surface area contributed by atoms with Crippen molar-refractivity contribution in [1.82, 2.24) is 0 Å². The zero-order valence-corrected chi connectivity index (χ0v) is 10.3. The monoisotopic (exact) mass is 218 g/mol. The van der Waals surface area contributed by atoms with Gasteiger partial charge in [-0.1, -0.05) is 26.0 Å². The van der Waals surface area contributed by atoms with Crippen LogP contribution in [0.1, 0.15) is 46.5 Å². The molecule has 0 saturated carbocycles. The molecule has 1 aliphatic rings. The Hall–Kier alpha value is -1.57. The Morgan fingerprint density at radius 3 is 2.44 bits per heavy atom. The lowest BCUT2D eigenvalue weighted by Crippen LogP contribution is -1.98. The molecule has 0 aromatic heterocycles. The number of fused-ring (bicyclic) bond motifs is 1. The molecular weight excluding hydrogens is 200 g/mol. The van der Waals surface area contributed by atoms with E-state index in [0.717, 1.165) is 35.0 Å². The Balaban J connectivity index is 0.000000606. The topological polar surface area (TPSA) is 37.3 Å². The number of carbonyl (C=O) groups is 1. The van der Waals surface area contributed by atoms with Crippen molar-refractivity contribution in [2.75, 3.05) is 0 Å². The molecule has 1 N–H and O–H groups in total. The van der Waals surface area contributed by atoms with E-state index in [1.54, 1.807) is 0 Å². The summed E-state index contributed by atoms with van der Waals surface area (Å²) in [6.07, 6.45) is 5.65. The van der Waals surface area contributed by atoms with Crippen LogP contribution in [0.4, 0.5) is 0 Å². The first-order valence-corrected chi connectivity index (χ1v) is 5.63. The van der Waals surface area contributed by atoms with Gasteiger partial charge < -0.3 is 5.11 Å². The van der Waals surface area contributed by atoms with E-state index in [9.17, 15) is 9.90 Å². The molecule has 0 radical (unpaired) electrons. The van der Waals surface area contributed by atoms with E-state index >= 15 is 0 Å². The average Bonchev–Trinajstić information content (AvgIpc) is 2.79. The highest BCUT2D eigenvalue weighted by Crippen LogP contribution is 2.35. The van der Waals surface area contributed by atoms with Gasteiger partial charge in [0.05, 0.1) is 5.56 Å². The molecule has 0 unspecified atom stereocenters. The molecule has 0 atom stereocenters. The third-order valence-corrected chi connectivity index (χ3v) is 2.92. The number of phenolic OH excluding ortho intramolecular Hbond substituents is 1. The van der Waals surface area contributed by atoms with E-state index in [0.29, 0.717) is 5.56 Å². The van der Waals surface area contributed by atoms with Gasteiger partial charge in [-0.05, 0) is 42.5 Å². The molecule has 0 aliphatic heterocycles. The van der Waals surface area contributed by atoms with Crippen LogP contribution in [-0.4, -0.2) is 11.4 Å². The smallest absolute Gasteiger partial charge is 0.154 e. The first kappa shape index (κ1) is 12.5. The highest BCUT2D eigenvalue weighted by Gasteiger charge is 2.18. The number of aromatic hydroxyl groups is 1. The lowest BCUT2D eigenvalue weighted by molar-refractivity contribution is 0.112. The van der Waals surface area contributed by atoms with Crippen LogP contribution in [0.15, 0.2) is 6.08 Å². The van der Waals surface area contributed by atoms with Crippen molar-refractivity contribution in [3.8, 4) is 5.75 Å². The second-order valence-corrected chi connectivity index (χ2v) is 3.63. The maximum atomic E-state index is 10.8. The number of allylic oxidation sites excluding steroid dienone is 1. The number of rotatable bonds is 1. The van der Waals surface area contributed by atoms with Crippen molar-refractivity contribution in [1.29, 1.82) is 0 Å². The second kappa shape index (κ2) is 4.97. The minimum Gasteiger partial charge on any atom is -0.507 e. The molecular formula is C14H18O2. The fourth-order valence-corrected chi connectivity index (χ4v) is 2.02. The van der Waals surface area contributed by atoms with Crippen LogP contribution in [-0.2, 0) is 6.42 Å². The highest BCUT2D eigenvalue weighted by atomic mass is 16.3. The minimum atomic E-state index is 0.139. The zero-order valence-electron chi connectivity index (χ0n) is 10.3. The van der Waals surface area contributed by atoms with Gasteiger partial charge in [0.2, 0.25) is 0 Å². The van der Waals surface area contributed by atoms with E-state index in [2.05, 4.69) is 6.08 Å². The fraction of sp³-hybridized carbons (Fsp3) is 0.357. The molecule has 0 heterocycles. The normalized spacial score (nSPS) is 11.8. The van der Waals surface area contributed by atoms with E-state index in [4.69, 9.17) is 0 Å². The number of phenols is 1. The number of carbonyl (C=O) groups excluding carboxylic acids is 1. The predicted octanol–water partition coefficient (Wildman–Crippen LogP) is 3.42. The SMILES string of the molecule is CC.Cc1c(C=O)c(O)c(C)c2c1C=CC2. The summed E-state index contributed by atoms with van der Waals surface area (Å²) in [5.74, 6) is 0.139. The minimum absolute atomic E-state index is 0.139. The Labute approximate surface area is 96.6 Å². The third-order valence-electron chi connectivity index (χ3n) is 2.92. The summed E-state index contributed by atoms with van der Waals surface area (Å²) in [5.41, 5.74) is 4.38. The molecule has 86 valence electrons. The first-order chi connectivity index (χ1) is 7.66. The van der Waals surface area contributed by atoms with Crippen molar-refractivity contribution >= 4 is 12.4 Å². The molecule has 1 aromatic rings. The summed E-state index contributed by atoms with van der Waals surface area (Å²) in [6.45, 7) is 7.73. The number of hydrogen-bond donors (Lipinski definition) is 1. The maximum Gasteiger partial charge on any atom is 0.154 e. The van der Waals surface area contributed by atoms with Gasteiger partial charge in [0.15, 0.2) is 6.29 Å². The van der Waals surface area contributed by atoms with Crippen LogP contribution in [0, 0.1) is 13.8 Å². The van der Waals surface area contributed by atoms with Crippen molar-refractivity contribution < 1.29 is 9.90 Å². The number of aldehydes is 1. The summed E-state index contributed by atoms with van der Waals surface area (Å²) >= 11 is 0. The molecule has 0 saturated heterocycles.